The zero-order valence-electron chi connectivity index (χ0n) is 18.2. The number of nitrogens with zero attached hydrogens (tertiary/aromatic N) is 1. The molecule has 2 N–H and O–H groups in total. The number of nitro benzene ring substituents is 1. The van der Waals surface area contributed by atoms with Crippen LogP contribution in [0.25, 0.3) is 17.4 Å². The maximum Gasteiger partial charge on any atom is 0.270 e. The topological polar surface area (TPSA) is 124 Å². The molecule has 2 amide bonds. The fraction of sp³-hybridized carbons (Fsp3) is 0.167. The number of carbonyl (C=O) groups excluding carboxylic acids is 2. The first-order valence-electron chi connectivity index (χ1n) is 10.1. The smallest absolute Gasteiger partial charge is 0.270 e. The molecule has 0 saturated carbocycles. The Hall–Kier alpha value is -4.24. The van der Waals surface area contributed by atoms with Crippen LogP contribution in [0.1, 0.15) is 21.7 Å². The second-order valence-electron chi connectivity index (χ2n) is 7.14. The number of nitrogens with one attached hydrogen (secondary N) is 2. The molecule has 0 aliphatic rings. The van der Waals surface area contributed by atoms with Gasteiger partial charge in [-0.25, -0.2) is 0 Å². The van der Waals surface area contributed by atoms with Gasteiger partial charge in [0.2, 0.25) is 0 Å². The number of rotatable bonds is 9. The van der Waals surface area contributed by atoms with Crippen LogP contribution in [0.5, 0.6) is 0 Å². The van der Waals surface area contributed by atoms with Crippen molar-refractivity contribution in [2.45, 2.75) is 6.92 Å². The summed E-state index contributed by atoms with van der Waals surface area (Å²) in [6.45, 7) is 2.47. The molecule has 2 aromatic carbocycles. The molecule has 3 rings (SSSR count). The van der Waals surface area contributed by atoms with Crippen molar-refractivity contribution in [3.05, 3.63) is 93.4 Å². The summed E-state index contributed by atoms with van der Waals surface area (Å²) in [6, 6.07) is 16.2. The number of hydrogen-bond acceptors (Lipinski definition) is 6. The standard InChI is InChI=1S/C24H23N3O6/c1-16-6-8-17(9-7-16)23(28)26-21(24(29)25-12-13-32-2)15-20-10-11-22(33-20)18-4-3-5-19(14-18)27(30)31/h3-11,14-15H,12-13H2,1-2H3,(H,25,29)(H,26,28). The highest BCUT2D eigenvalue weighted by molar-refractivity contribution is 6.05. The molecule has 9 nitrogen and oxygen atoms in total. The van der Waals surface area contributed by atoms with Crippen molar-refractivity contribution in [3.8, 4) is 11.3 Å². The fourth-order valence-electron chi connectivity index (χ4n) is 2.92. The molecule has 0 fully saturated rings. The molecule has 0 spiro atoms. The average molecular weight is 449 g/mol. The van der Waals surface area contributed by atoms with E-state index in [9.17, 15) is 19.7 Å². The normalized spacial score (nSPS) is 11.2. The van der Waals surface area contributed by atoms with E-state index in [0.717, 1.165) is 5.56 Å². The Bertz CT molecular complexity index is 1180. The lowest BCUT2D eigenvalue weighted by Crippen LogP contribution is -2.36. The van der Waals surface area contributed by atoms with E-state index in [4.69, 9.17) is 9.15 Å². The third-order valence-electron chi connectivity index (χ3n) is 4.65. The molecule has 33 heavy (non-hydrogen) atoms. The molecule has 1 aromatic heterocycles. The van der Waals surface area contributed by atoms with Gasteiger partial charge in [-0.2, -0.15) is 0 Å². The summed E-state index contributed by atoms with van der Waals surface area (Å²) in [7, 11) is 1.51. The van der Waals surface area contributed by atoms with Gasteiger partial charge < -0.3 is 19.8 Å². The predicted molar refractivity (Wildman–Crippen MR) is 122 cm³/mol. The molecule has 9 heteroatoms. The molecule has 1 heterocycles. The van der Waals surface area contributed by atoms with Crippen molar-refractivity contribution < 1.29 is 23.7 Å². The summed E-state index contributed by atoms with van der Waals surface area (Å²) in [5.41, 5.74) is 1.83. The number of non-ortho nitro benzene ring substituents is 1. The summed E-state index contributed by atoms with van der Waals surface area (Å²) < 4.78 is 10.7. The van der Waals surface area contributed by atoms with Gasteiger partial charge >= 0.3 is 0 Å². The van der Waals surface area contributed by atoms with Gasteiger partial charge in [0.1, 0.15) is 17.2 Å². The Morgan fingerprint density at radius 1 is 1.12 bits per heavy atom. The Labute approximate surface area is 190 Å². The third-order valence-corrected chi connectivity index (χ3v) is 4.65. The number of hydrogen-bond donors (Lipinski definition) is 2. The van der Waals surface area contributed by atoms with Crippen LogP contribution in [0, 0.1) is 17.0 Å². The number of nitro groups is 1. The number of amides is 2. The number of furan rings is 1. The Balaban J connectivity index is 1.86. The summed E-state index contributed by atoms with van der Waals surface area (Å²) in [5.74, 6) is -0.291. The van der Waals surface area contributed by atoms with E-state index in [1.54, 1.807) is 48.5 Å². The maximum atomic E-state index is 12.7. The molecular weight excluding hydrogens is 426 g/mol. The number of methoxy groups -OCH3 is 1. The molecular formula is C24H23N3O6. The highest BCUT2D eigenvalue weighted by Gasteiger charge is 2.16. The Kier molecular flexibility index (Phi) is 7.72. The van der Waals surface area contributed by atoms with E-state index in [-0.39, 0.29) is 23.7 Å². The van der Waals surface area contributed by atoms with Crippen molar-refractivity contribution in [3.63, 3.8) is 0 Å². The molecule has 0 aliphatic heterocycles. The molecule has 3 aromatic rings. The number of carbonyl (C=O) groups is 2. The molecule has 0 saturated heterocycles. The van der Waals surface area contributed by atoms with Crippen LogP contribution < -0.4 is 10.6 Å². The quantitative estimate of drug-likeness (QED) is 0.222. The van der Waals surface area contributed by atoms with Crippen LogP contribution in [-0.2, 0) is 9.53 Å². The van der Waals surface area contributed by atoms with Crippen LogP contribution in [0.15, 0.2) is 70.8 Å². The van der Waals surface area contributed by atoms with Gasteiger partial charge in [0.25, 0.3) is 17.5 Å². The van der Waals surface area contributed by atoms with Gasteiger partial charge in [0, 0.05) is 43.0 Å². The van der Waals surface area contributed by atoms with Crippen molar-refractivity contribution in [1.82, 2.24) is 10.6 Å². The fourth-order valence-corrected chi connectivity index (χ4v) is 2.92. The SMILES string of the molecule is COCCNC(=O)C(=Cc1ccc(-c2cccc([N+](=O)[O-])c2)o1)NC(=O)c1ccc(C)cc1. The molecule has 0 bridgehead atoms. The van der Waals surface area contributed by atoms with Crippen LogP contribution in [0.3, 0.4) is 0 Å². The highest BCUT2D eigenvalue weighted by atomic mass is 16.6. The maximum absolute atomic E-state index is 12.7. The predicted octanol–water partition coefficient (Wildman–Crippen LogP) is 3.70. The first kappa shape index (κ1) is 23.4. The average Bonchev–Trinajstić information content (AvgIpc) is 3.28. The minimum Gasteiger partial charge on any atom is -0.457 e. The van der Waals surface area contributed by atoms with Gasteiger partial charge in [0.05, 0.1) is 11.5 Å². The summed E-state index contributed by atoms with van der Waals surface area (Å²) in [4.78, 5) is 35.9. The zero-order chi connectivity index (χ0) is 23.8. The first-order valence-corrected chi connectivity index (χ1v) is 10.1. The summed E-state index contributed by atoms with van der Waals surface area (Å²) in [6.07, 6.45) is 1.40. The van der Waals surface area contributed by atoms with Crippen molar-refractivity contribution in [1.29, 1.82) is 0 Å². The minimum absolute atomic E-state index is 0.0170. The monoisotopic (exact) mass is 449 g/mol. The molecule has 0 radical (unpaired) electrons. The molecule has 170 valence electrons. The lowest BCUT2D eigenvalue weighted by Gasteiger charge is -2.10. The molecule has 0 aliphatic carbocycles. The van der Waals surface area contributed by atoms with Gasteiger partial charge in [0.15, 0.2) is 0 Å². The van der Waals surface area contributed by atoms with E-state index < -0.39 is 16.7 Å². The van der Waals surface area contributed by atoms with Gasteiger partial charge in [-0.1, -0.05) is 29.8 Å². The summed E-state index contributed by atoms with van der Waals surface area (Å²) >= 11 is 0. The third kappa shape index (κ3) is 6.37. The Morgan fingerprint density at radius 2 is 1.88 bits per heavy atom. The second kappa shape index (κ2) is 10.9. The van der Waals surface area contributed by atoms with E-state index in [2.05, 4.69) is 10.6 Å². The zero-order valence-corrected chi connectivity index (χ0v) is 18.2. The lowest BCUT2D eigenvalue weighted by atomic mass is 10.1. The largest absolute Gasteiger partial charge is 0.457 e. The number of aryl methyl sites for hydroxylation is 1. The minimum atomic E-state index is -0.513. The van der Waals surface area contributed by atoms with Gasteiger partial charge in [-0.15, -0.1) is 0 Å². The van der Waals surface area contributed by atoms with Crippen LogP contribution in [0.2, 0.25) is 0 Å². The Morgan fingerprint density at radius 3 is 2.58 bits per heavy atom. The van der Waals surface area contributed by atoms with Gasteiger partial charge in [-0.05, 0) is 31.2 Å². The van der Waals surface area contributed by atoms with Crippen LogP contribution >= 0.6 is 0 Å². The van der Waals surface area contributed by atoms with Crippen molar-refractivity contribution >= 4 is 23.6 Å². The van der Waals surface area contributed by atoms with E-state index in [1.807, 2.05) is 6.92 Å². The second-order valence-corrected chi connectivity index (χ2v) is 7.14. The number of benzene rings is 2. The molecule has 0 unspecified atom stereocenters. The van der Waals surface area contributed by atoms with Crippen molar-refractivity contribution in [2.24, 2.45) is 0 Å². The van der Waals surface area contributed by atoms with Crippen molar-refractivity contribution in [2.75, 3.05) is 20.3 Å². The van der Waals surface area contributed by atoms with Crippen LogP contribution in [0.4, 0.5) is 5.69 Å². The van der Waals surface area contributed by atoms with E-state index >= 15 is 0 Å². The van der Waals surface area contributed by atoms with E-state index in [1.165, 1.54) is 25.3 Å². The first-order chi connectivity index (χ1) is 15.9. The van der Waals surface area contributed by atoms with Gasteiger partial charge in [-0.3, -0.25) is 19.7 Å². The molecule has 0 atom stereocenters. The number of ether oxygens (including phenoxy) is 1. The lowest BCUT2D eigenvalue weighted by molar-refractivity contribution is -0.384. The summed E-state index contributed by atoms with van der Waals surface area (Å²) in [5, 5.41) is 16.3. The highest BCUT2D eigenvalue weighted by Crippen LogP contribution is 2.26. The van der Waals surface area contributed by atoms with Crippen LogP contribution in [-0.4, -0.2) is 37.0 Å². The van der Waals surface area contributed by atoms with E-state index in [0.29, 0.717) is 23.5 Å².